The van der Waals surface area contributed by atoms with Gasteiger partial charge < -0.3 is 10.4 Å². The molecule has 1 aromatic carbocycles. The summed E-state index contributed by atoms with van der Waals surface area (Å²) in [6.45, 7) is 3.50. The first kappa shape index (κ1) is 16.0. The molecule has 0 amide bonds. The minimum Gasteiger partial charge on any atom is -0.477 e. The maximum atomic E-state index is 11.3. The fraction of sp³-hybridized carbons (Fsp3) is 0.133. The molecule has 0 saturated carbocycles. The molecule has 3 aromatic rings. The average molecular weight is 368 g/mol. The minimum atomic E-state index is -0.972. The fourth-order valence-corrected chi connectivity index (χ4v) is 3.89. The second kappa shape index (κ2) is 5.96. The third kappa shape index (κ3) is 3.10. The van der Waals surface area contributed by atoms with E-state index < -0.39 is 5.97 Å². The van der Waals surface area contributed by atoms with Crippen molar-refractivity contribution in [2.45, 2.75) is 13.8 Å². The summed E-state index contributed by atoms with van der Waals surface area (Å²) in [5, 5.41) is 14.1. The molecular formula is C15H11Cl2N3O2S. The molecule has 5 nitrogen and oxygen atoms in total. The van der Waals surface area contributed by atoms with E-state index in [0.29, 0.717) is 43.2 Å². The Morgan fingerprint density at radius 2 is 1.83 bits per heavy atom. The molecule has 0 aliphatic carbocycles. The van der Waals surface area contributed by atoms with E-state index in [1.807, 2.05) is 0 Å². The van der Waals surface area contributed by atoms with Gasteiger partial charge in [-0.2, -0.15) is 0 Å². The van der Waals surface area contributed by atoms with Crippen LogP contribution in [0.2, 0.25) is 10.0 Å². The Hall–Kier alpha value is -1.89. The smallest absolute Gasteiger partial charge is 0.346 e. The summed E-state index contributed by atoms with van der Waals surface area (Å²) in [5.41, 5.74) is 1.30. The van der Waals surface area contributed by atoms with Crippen LogP contribution >= 0.6 is 34.5 Å². The van der Waals surface area contributed by atoms with Gasteiger partial charge in [-0.1, -0.05) is 23.2 Å². The van der Waals surface area contributed by atoms with Gasteiger partial charge in [0.25, 0.3) is 0 Å². The van der Waals surface area contributed by atoms with E-state index in [1.54, 1.807) is 32.0 Å². The van der Waals surface area contributed by atoms with Gasteiger partial charge in [-0.3, -0.25) is 0 Å². The van der Waals surface area contributed by atoms with Crippen LogP contribution in [0.15, 0.2) is 18.2 Å². The first-order chi connectivity index (χ1) is 10.8. The fourth-order valence-electron chi connectivity index (χ4n) is 2.30. The molecule has 0 unspecified atom stereocenters. The normalized spacial score (nSPS) is 11.0. The monoisotopic (exact) mass is 367 g/mol. The highest BCUT2D eigenvalue weighted by Crippen LogP contribution is 2.35. The number of nitrogens with one attached hydrogen (secondary N) is 1. The number of halogens is 2. The molecule has 23 heavy (non-hydrogen) atoms. The number of hydrogen-bond acceptors (Lipinski definition) is 5. The summed E-state index contributed by atoms with van der Waals surface area (Å²) in [5.74, 6) is 0.110. The number of nitrogens with zero attached hydrogens (tertiary/aromatic N) is 2. The summed E-state index contributed by atoms with van der Waals surface area (Å²) in [7, 11) is 0. The Labute approximate surface area is 145 Å². The summed E-state index contributed by atoms with van der Waals surface area (Å²) < 4.78 is 0. The van der Waals surface area contributed by atoms with Crippen LogP contribution in [0.3, 0.4) is 0 Å². The van der Waals surface area contributed by atoms with Gasteiger partial charge in [0.05, 0.1) is 5.39 Å². The van der Waals surface area contributed by atoms with Crippen molar-refractivity contribution in [3.8, 4) is 0 Å². The van der Waals surface area contributed by atoms with Gasteiger partial charge in [-0.25, -0.2) is 14.8 Å². The number of rotatable bonds is 3. The quantitative estimate of drug-likeness (QED) is 0.676. The van der Waals surface area contributed by atoms with E-state index in [-0.39, 0.29) is 4.88 Å². The summed E-state index contributed by atoms with van der Waals surface area (Å²) in [6.07, 6.45) is 0. The van der Waals surface area contributed by atoms with Crippen LogP contribution in [0.5, 0.6) is 0 Å². The SMILES string of the molecule is Cc1nc(Nc2cc(Cl)cc(Cl)c2)c2c(C)c(C(=O)O)sc2n1. The van der Waals surface area contributed by atoms with Crippen LogP contribution < -0.4 is 5.32 Å². The van der Waals surface area contributed by atoms with Crippen molar-refractivity contribution in [1.29, 1.82) is 0 Å². The highest BCUT2D eigenvalue weighted by Gasteiger charge is 2.19. The standard InChI is InChI=1S/C15H11Cl2N3O2S/c1-6-11-13(20-10-4-8(16)3-9(17)5-10)18-7(2)19-14(11)23-12(6)15(21)22/h3-5H,1-2H3,(H,21,22)(H,18,19,20). The maximum Gasteiger partial charge on any atom is 0.346 e. The van der Waals surface area contributed by atoms with Gasteiger partial charge in [-0.15, -0.1) is 11.3 Å². The van der Waals surface area contributed by atoms with E-state index in [2.05, 4.69) is 15.3 Å². The third-order valence-corrected chi connectivity index (χ3v) is 4.83. The molecule has 3 rings (SSSR count). The lowest BCUT2D eigenvalue weighted by Crippen LogP contribution is -1.99. The third-order valence-electron chi connectivity index (χ3n) is 3.22. The Morgan fingerprint density at radius 1 is 1.17 bits per heavy atom. The van der Waals surface area contributed by atoms with E-state index in [0.717, 1.165) is 11.3 Å². The number of carboxylic acid groups (broad SMARTS) is 1. The molecule has 2 N–H and O–H groups in total. The lowest BCUT2D eigenvalue weighted by atomic mass is 10.2. The lowest BCUT2D eigenvalue weighted by Gasteiger charge is -2.09. The zero-order chi connectivity index (χ0) is 16.7. The van der Waals surface area contributed by atoms with Crippen LogP contribution in [0.1, 0.15) is 21.1 Å². The van der Waals surface area contributed by atoms with Gasteiger partial charge in [0.15, 0.2) is 0 Å². The van der Waals surface area contributed by atoms with Crippen LogP contribution in [-0.4, -0.2) is 21.0 Å². The Kier molecular flexibility index (Phi) is 4.14. The number of carboxylic acids is 1. The number of aromatic carboxylic acids is 1. The molecule has 8 heteroatoms. The minimum absolute atomic E-state index is 0.257. The molecule has 118 valence electrons. The number of fused-ring (bicyclic) bond motifs is 1. The number of carbonyl (C=O) groups is 1. The van der Waals surface area contributed by atoms with Crippen molar-refractivity contribution >= 4 is 62.2 Å². The van der Waals surface area contributed by atoms with E-state index in [1.165, 1.54) is 0 Å². The lowest BCUT2D eigenvalue weighted by molar-refractivity contribution is 0.0701. The summed E-state index contributed by atoms with van der Waals surface area (Å²) in [6, 6.07) is 5.07. The largest absolute Gasteiger partial charge is 0.477 e. The van der Waals surface area contributed by atoms with E-state index in [9.17, 15) is 9.90 Å². The topological polar surface area (TPSA) is 75.1 Å². The summed E-state index contributed by atoms with van der Waals surface area (Å²) in [4.78, 5) is 21.0. The van der Waals surface area contributed by atoms with Crippen LogP contribution in [0, 0.1) is 13.8 Å². The van der Waals surface area contributed by atoms with Crippen LogP contribution in [-0.2, 0) is 0 Å². The Bertz CT molecular complexity index is 920. The van der Waals surface area contributed by atoms with E-state index >= 15 is 0 Å². The second-order valence-electron chi connectivity index (χ2n) is 4.94. The molecule has 0 radical (unpaired) electrons. The van der Waals surface area contributed by atoms with Crippen molar-refractivity contribution in [2.75, 3.05) is 5.32 Å². The predicted molar refractivity (Wildman–Crippen MR) is 93.6 cm³/mol. The number of aryl methyl sites for hydroxylation is 2. The zero-order valence-corrected chi connectivity index (χ0v) is 14.5. The Morgan fingerprint density at radius 3 is 2.43 bits per heavy atom. The van der Waals surface area contributed by atoms with Crippen molar-refractivity contribution in [2.24, 2.45) is 0 Å². The Balaban J connectivity index is 2.18. The molecule has 0 aliphatic rings. The maximum absolute atomic E-state index is 11.3. The number of anilines is 2. The average Bonchev–Trinajstić information content (AvgIpc) is 2.74. The van der Waals surface area contributed by atoms with Crippen molar-refractivity contribution in [3.63, 3.8) is 0 Å². The molecular weight excluding hydrogens is 357 g/mol. The van der Waals surface area contributed by atoms with E-state index in [4.69, 9.17) is 23.2 Å². The predicted octanol–water partition coefficient (Wildman–Crippen LogP) is 5.06. The number of benzene rings is 1. The van der Waals surface area contributed by atoms with Gasteiger partial charge >= 0.3 is 5.97 Å². The van der Waals surface area contributed by atoms with Gasteiger partial charge in [0.1, 0.15) is 21.3 Å². The molecule has 0 bridgehead atoms. The molecule has 0 fully saturated rings. The van der Waals surface area contributed by atoms with Gasteiger partial charge in [0, 0.05) is 15.7 Å². The van der Waals surface area contributed by atoms with Gasteiger partial charge in [0.2, 0.25) is 0 Å². The first-order valence-electron chi connectivity index (χ1n) is 6.59. The molecule has 0 saturated heterocycles. The summed E-state index contributed by atoms with van der Waals surface area (Å²) >= 11 is 13.2. The molecule has 0 atom stereocenters. The highest BCUT2D eigenvalue weighted by molar-refractivity contribution is 7.20. The van der Waals surface area contributed by atoms with Crippen LogP contribution in [0.4, 0.5) is 11.5 Å². The first-order valence-corrected chi connectivity index (χ1v) is 8.16. The number of thiophene rings is 1. The van der Waals surface area contributed by atoms with Crippen molar-refractivity contribution < 1.29 is 9.90 Å². The molecule has 2 heterocycles. The molecule has 0 spiro atoms. The van der Waals surface area contributed by atoms with Crippen molar-refractivity contribution in [3.05, 3.63) is 44.5 Å². The molecule has 2 aromatic heterocycles. The van der Waals surface area contributed by atoms with Gasteiger partial charge in [-0.05, 0) is 37.6 Å². The van der Waals surface area contributed by atoms with Crippen molar-refractivity contribution in [1.82, 2.24) is 9.97 Å². The molecule has 0 aliphatic heterocycles. The van der Waals surface area contributed by atoms with Crippen LogP contribution in [0.25, 0.3) is 10.2 Å². The number of hydrogen-bond donors (Lipinski definition) is 2. The zero-order valence-electron chi connectivity index (χ0n) is 12.1. The second-order valence-corrected chi connectivity index (χ2v) is 6.82. The highest BCUT2D eigenvalue weighted by atomic mass is 35.5. The number of aromatic nitrogens is 2.